The fourth-order valence-electron chi connectivity index (χ4n) is 1.77. The van der Waals surface area contributed by atoms with E-state index in [-0.39, 0.29) is 5.91 Å². The molecule has 1 heterocycles. The minimum atomic E-state index is -0.695. The number of halogens is 1. The van der Waals surface area contributed by atoms with E-state index >= 15 is 0 Å². The Morgan fingerprint density at radius 2 is 2.15 bits per heavy atom. The van der Waals surface area contributed by atoms with Crippen LogP contribution in [0, 0.1) is 0 Å². The molecule has 0 N–H and O–H groups in total. The van der Waals surface area contributed by atoms with Crippen molar-refractivity contribution in [1.29, 1.82) is 0 Å². The summed E-state index contributed by atoms with van der Waals surface area (Å²) < 4.78 is 4.17. The van der Waals surface area contributed by atoms with Crippen LogP contribution in [-0.4, -0.2) is 28.1 Å². The van der Waals surface area contributed by atoms with E-state index in [2.05, 4.69) is 0 Å². The Morgan fingerprint density at radius 3 is 2.80 bits per heavy atom. The second kappa shape index (κ2) is 6.81. The van der Waals surface area contributed by atoms with Gasteiger partial charge >= 0.3 is 5.97 Å². The molecule has 0 spiro atoms. The molecule has 1 aromatic rings. The van der Waals surface area contributed by atoms with Crippen molar-refractivity contribution in [3.05, 3.63) is 47.0 Å². The quantitative estimate of drug-likeness (QED) is 0.487. The molecule has 0 aromatic heterocycles. The number of amides is 1. The maximum Gasteiger partial charge on any atom is 0.333 e. The Kier molecular flexibility index (Phi) is 5.09. The van der Waals surface area contributed by atoms with Crippen molar-refractivity contribution >= 4 is 35.2 Å². The van der Waals surface area contributed by atoms with Gasteiger partial charge in [-0.25, -0.2) is 4.79 Å². The van der Waals surface area contributed by atoms with Crippen LogP contribution in [0.15, 0.2) is 41.4 Å². The molecule has 0 aliphatic carbocycles. The molecule has 1 saturated heterocycles. The SMILES string of the molecule is CCOC(=O)/C=C1\SC(Cl)C(=O)N1Cc1ccccc1. The van der Waals surface area contributed by atoms with Gasteiger partial charge in [-0.2, -0.15) is 0 Å². The molecule has 1 aliphatic heterocycles. The predicted molar refractivity (Wildman–Crippen MR) is 78.9 cm³/mol. The van der Waals surface area contributed by atoms with E-state index in [1.54, 1.807) is 6.92 Å². The monoisotopic (exact) mass is 311 g/mol. The van der Waals surface area contributed by atoms with E-state index in [9.17, 15) is 9.59 Å². The first-order chi connectivity index (χ1) is 9.61. The van der Waals surface area contributed by atoms with Crippen LogP contribution < -0.4 is 0 Å². The summed E-state index contributed by atoms with van der Waals surface area (Å²) in [5.74, 6) is -0.678. The number of hydrogen-bond donors (Lipinski definition) is 0. The lowest BCUT2D eigenvalue weighted by Gasteiger charge is -2.16. The first-order valence-electron chi connectivity index (χ1n) is 6.16. The number of carbonyl (C=O) groups is 2. The molecule has 0 bridgehead atoms. The predicted octanol–water partition coefficient (Wildman–Crippen LogP) is 2.73. The Balaban J connectivity index is 2.18. The number of benzene rings is 1. The zero-order valence-electron chi connectivity index (χ0n) is 10.9. The van der Waals surface area contributed by atoms with Crippen LogP contribution in [-0.2, 0) is 20.9 Å². The van der Waals surface area contributed by atoms with Gasteiger partial charge in [0.05, 0.1) is 24.3 Å². The topological polar surface area (TPSA) is 46.6 Å². The van der Waals surface area contributed by atoms with E-state index in [1.807, 2.05) is 30.3 Å². The maximum atomic E-state index is 12.0. The molecule has 1 aliphatic rings. The van der Waals surface area contributed by atoms with Crippen LogP contribution in [0.2, 0.25) is 0 Å². The van der Waals surface area contributed by atoms with Crippen molar-refractivity contribution in [3.63, 3.8) is 0 Å². The minimum Gasteiger partial charge on any atom is -0.463 e. The number of thioether (sulfide) groups is 1. The molecule has 1 atom stereocenters. The third-order valence-corrected chi connectivity index (χ3v) is 4.10. The molecule has 1 fully saturated rings. The Bertz CT molecular complexity index is 532. The van der Waals surface area contributed by atoms with Gasteiger partial charge in [0, 0.05) is 0 Å². The van der Waals surface area contributed by atoms with Gasteiger partial charge < -0.3 is 4.74 Å². The zero-order chi connectivity index (χ0) is 14.5. The lowest BCUT2D eigenvalue weighted by atomic mass is 10.2. The lowest BCUT2D eigenvalue weighted by molar-refractivity contribution is -0.137. The minimum absolute atomic E-state index is 0.212. The van der Waals surface area contributed by atoms with Crippen LogP contribution in [0.3, 0.4) is 0 Å². The fourth-order valence-corrected chi connectivity index (χ4v) is 3.05. The highest BCUT2D eigenvalue weighted by atomic mass is 35.5. The Morgan fingerprint density at radius 1 is 1.45 bits per heavy atom. The smallest absolute Gasteiger partial charge is 0.333 e. The first-order valence-corrected chi connectivity index (χ1v) is 7.48. The summed E-state index contributed by atoms with van der Waals surface area (Å²) in [5.41, 5.74) is 0.974. The summed E-state index contributed by atoms with van der Waals surface area (Å²) in [5, 5.41) is 0.525. The first kappa shape index (κ1) is 14.9. The van der Waals surface area contributed by atoms with E-state index in [0.717, 1.165) is 17.3 Å². The highest BCUT2D eigenvalue weighted by Crippen LogP contribution is 2.38. The number of ether oxygens (including phenoxy) is 1. The largest absolute Gasteiger partial charge is 0.463 e. The molecule has 6 heteroatoms. The average molecular weight is 312 g/mol. The van der Waals surface area contributed by atoms with Crippen LogP contribution >= 0.6 is 23.4 Å². The molecule has 2 rings (SSSR count). The molecule has 0 radical (unpaired) electrons. The molecule has 1 unspecified atom stereocenters. The van der Waals surface area contributed by atoms with Crippen molar-refractivity contribution in [2.24, 2.45) is 0 Å². The van der Waals surface area contributed by atoms with Crippen molar-refractivity contribution < 1.29 is 14.3 Å². The van der Waals surface area contributed by atoms with Crippen LogP contribution in [0.5, 0.6) is 0 Å². The highest BCUT2D eigenvalue weighted by molar-refractivity contribution is 8.06. The molecule has 1 aromatic carbocycles. The normalized spacial score (nSPS) is 20.5. The number of nitrogens with zero attached hydrogens (tertiary/aromatic N) is 1. The van der Waals surface area contributed by atoms with Gasteiger partial charge in [-0.05, 0) is 12.5 Å². The van der Waals surface area contributed by atoms with Crippen LogP contribution in [0.25, 0.3) is 0 Å². The summed E-state index contributed by atoms with van der Waals surface area (Å²) in [6.07, 6.45) is 1.32. The van der Waals surface area contributed by atoms with E-state index in [0.29, 0.717) is 18.2 Å². The van der Waals surface area contributed by atoms with Gasteiger partial charge in [0.15, 0.2) is 4.71 Å². The van der Waals surface area contributed by atoms with Crippen molar-refractivity contribution in [3.8, 4) is 0 Å². The van der Waals surface area contributed by atoms with Crippen molar-refractivity contribution in [2.75, 3.05) is 6.61 Å². The van der Waals surface area contributed by atoms with Gasteiger partial charge in [0.2, 0.25) is 0 Å². The number of esters is 1. The lowest BCUT2D eigenvalue weighted by Crippen LogP contribution is -2.26. The molecule has 1 amide bonds. The van der Waals surface area contributed by atoms with Gasteiger partial charge in [0.1, 0.15) is 0 Å². The number of alkyl halides is 1. The van der Waals surface area contributed by atoms with E-state index < -0.39 is 10.7 Å². The second-order valence-electron chi connectivity index (χ2n) is 4.08. The molecular formula is C14H14ClNO3S. The Hall–Kier alpha value is -1.46. The molecule has 4 nitrogen and oxygen atoms in total. The maximum absolute atomic E-state index is 12.0. The average Bonchev–Trinajstić information content (AvgIpc) is 2.68. The molecular weight excluding hydrogens is 298 g/mol. The standard InChI is InChI=1S/C14H14ClNO3S/c1-2-19-12(17)8-11-16(14(18)13(15)20-11)9-10-6-4-3-5-7-10/h3-8,13H,2,9H2,1H3/b11-8-. The van der Waals surface area contributed by atoms with E-state index in [1.165, 1.54) is 11.0 Å². The van der Waals surface area contributed by atoms with Crippen LogP contribution in [0.1, 0.15) is 12.5 Å². The van der Waals surface area contributed by atoms with Gasteiger partial charge in [-0.15, -0.1) is 0 Å². The summed E-state index contributed by atoms with van der Waals surface area (Å²) in [6, 6.07) is 9.54. The van der Waals surface area contributed by atoms with Crippen molar-refractivity contribution in [2.45, 2.75) is 18.2 Å². The summed E-state index contributed by atoms with van der Waals surface area (Å²) in [6.45, 7) is 2.42. The molecule has 0 saturated carbocycles. The van der Waals surface area contributed by atoms with Crippen LogP contribution in [0.4, 0.5) is 0 Å². The highest BCUT2D eigenvalue weighted by Gasteiger charge is 2.35. The van der Waals surface area contributed by atoms with Crippen molar-refractivity contribution in [1.82, 2.24) is 4.90 Å². The molecule has 20 heavy (non-hydrogen) atoms. The third kappa shape index (κ3) is 3.55. The van der Waals surface area contributed by atoms with Gasteiger partial charge in [-0.1, -0.05) is 53.7 Å². The summed E-state index contributed by atoms with van der Waals surface area (Å²) >= 11 is 7.11. The summed E-state index contributed by atoms with van der Waals surface area (Å²) in [7, 11) is 0. The number of rotatable bonds is 4. The van der Waals surface area contributed by atoms with Gasteiger partial charge in [0.25, 0.3) is 5.91 Å². The Labute approximate surface area is 126 Å². The second-order valence-corrected chi connectivity index (χ2v) is 5.90. The molecule has 106 valence electrons. The number of hydrogen-bond acceptors (Lipinski definition) is 4. The third-order valence-electron chi connectivity index (χ3n) is 2.66. The zero-order valence-corrected chi connectivity index (χ0v) is 12.5. The fraction of sp³-hybridized carbons (Fsp3) is 0.286. The summed E-state index contributed by atoms with van der Waals surface area (Å²) in [4.78, 5) is 25.1. The number of carbonyl (C=O) groups excluding carboxylic acids is 2. The van der Waals surface area contributed by atoms with E-state index in [4.69, 9.17) is 16.3 Å². The van der Waals surface area contributed by atoms with Gasteiger partial charge in [-0.3, -0.25) is 9.69 Å².